The van der Waals surface area contributed by atoms with Crippen molar-refractivity contribution >= 4 is 75.4 Å². The van der Waals surface area contributed by atoms with Crippen LogP contribution < -0.4 is 0 Å². The van der Waals surface area contributed by atoms with Crippen LogP contribution in [0.4, 0.5) is 52.7 Å². The number of aryl methyl sites for hydroxylation is 18. The van der Waals surface area contributed by atoms with Gasteiger partial charge in [0.2, 0.25) is 0 Å². The van der Waals surface area contributed by atoms with Crippen molar-refractivity contribution in [3.8, 4) is 0 Å². The van der Waals surface area contributed by atoms with E-state index >= 15 is 0 Å². The summed E-state index contributed by atoms with van der Waals surface area (Å²) in [5.41, 5.74) is 17.1. The van der Waals surface area contributed by atoms with Crippen molar-refractivity contribution in [3.05, 3.63) is 436 Å². The minimum atomic E-state index is -0.486. The highest BCUT2D eigenvalue weighted by atomic mass is 19.2. The summed E-state index contributed by atoms with van der Waals surface area (Å²) < 4.78 is 158. The Hall–Kier alpha value is -12.3. The lowest BCUT2D eigenvalue weighted by atomic mass is 9.84. The summed E-state index contributed by atoms with van der Waals surface area (Å²) in [5.74, 6) is -1.84. The molecule has 12 heteroatoms. The zero-order valence-corrected chi connectivity index (χ0v) is 77.8. The van der Waals surface area contributed by atoms with E-state index in [2.05, 4.69) is 102 Å². The van der Waals surface area contributed by atoms with Crippen molar-refractivity contribution in [1.82, 2.24) is 0 Å². The van der Waals surface area contributed by atoms with Crippen LogP contribution >= 0.6 is 0 Å². The molecule has 128 heavy (non-hydrogen) atoms. The Bertz CT molecular complexity index is 6540. The third kappa shape index (κ3) is 29.7. The van der Waals surface area contributed by atoms with Gasteiger partial charge in [-0.15, -0.1) is 0 Å². The molecule has 0 aliphatic heterocycles. The van der Waals surface area contributed by atoms with Crippen LogP contribution in [0, 0.1) is 220 Å². The van der Waals surface area contributed by atoms with E-state index in [0.717, 1.165) is 77.9 Å². The highest BCUT2D eigenvalue weighted by Crippen LogP contribution is 2.31. The molecular weight excluding hydrogens is 1620 g/mol. The van der Waals surface area contributed by atoms with E-state index < -0.39 is 34.9 Å². The number of benzene rings is 17. The molecule has 0 nitrogen and oxygen atoms in total. The summed E-state index contributed by atoms with van der Waals surface area (Å²) in [7, 11) is 0. The van der Waals surface area contributed by atoms with Crippen molar-refractivity contribution in [1.29, 1.82) is 0 Å². The van der Waals surface area contributed by atoms with Crippen molar-refractivity contribution in [2.24, 2.45) is 11.8 Å². The second-order valence-corrected chi connectivity index (χ2v) is 34.5. The highest BCUT2D eigenvalue weighted by molar-refractivity contribution is 5.89. The number of rotatable bonds is 0. The summed E-state index contributed by atoms with van der Waals surface area (Å²) in [4.78, 5) is 0. The molecule has 1 saturated carbocycles. The Morgan fingerprint density at radius 3 is 0.930 bits per heavy atom. The molecular formula is C116H118F12. The molecule has 0 heterocycles. The molecule has 0 unspecified atom stereocenters. The maximum absolute atomic E-state index is 13.6. The van der Waals surface area contributed by atoms with Crippen molar-refractivity contribution < 1.29 is 52.7 Å². The Kier molecular flexibility index (Phi) is 37.1. The number of hydrogen-bond acceptors (Lipinski definition) is 0. The van der Waals surface area contributed by atoms with Crippen LogP contribution in [0.5, 0.6) is 0 Å². The molecule has 0 N–H and O–H groups in total. The molecule has 1 fully saturated rings. The van der Waals surface area contributed by atoms with Gasteiger partial charge < -0.3 is 0 Å². The first-order valence-electron chi connectivity index (χ1n) is 43.1. The second-order valence-electron chi connectivity index (χ2n) is 34.5. The van der Waals surface area contributed by atoms with Gasteiger partial charge in [-0.25, -0.2) is 52.7 Å². The average Bonchev–Trinajstić information content (AvgIpc) is 0.958. The minimum Gasteiger partial charge on any atom is -0.207 e. The SMILES string of the molecule is CC1CCC(C)CC1.Cc1cc(F)c(C)c(F)c1.Cc1cc(F)c2c(F)c(C)ccc2c1.Cc1cc(F)c2cc(C)c(F)cc2c1.Cc1cc(F)c2cc(C)ccc2c1.Cc1ccc(C)c(F)c1.Cc1ccc(C)cc1.Cc1ccc2c(F)c(C)c(F)cc2c1.Cc1ccc2c(F)c(C)ccc2c1.Cc1ccc2cc(C)c(F)cc2c1.Cc1ccc2cc(C)ccc2c1. The summed E-state index contributed by atoms with van der Waals surface area (Å²) >= 11 is 0. The van der Waals surface area contributed by atoms with Gasteiger partial charge in [-0.3, -0.25) is 0 Å². The van der Waals surface area contributed by atoms with Gasteiger partial charge in [0.25, 0.3) is 0 Å². The highest BCUT2D eigenvalue weighted by Gasteiger charge is 2.15. The standard InChI is InChI=1S/3C12H10F2.3C12H11F.C12H12.C8H8F2.C8H9F.C8H16.C8H10/c1-7-3-9-6-11(13)8(2)5-10(9)12(14)4-7;1-7-5-9-4-3-8(2)12(14)11(9)10(13)6-7;1-7-3-4-10-9(5-7)6-11(13)8(2)12(10)14;1-8-3-6-11-10(7-8)5-4-9(2)12(11)13;1-8-3-4-10-5-9(2)7-12(13)11(10)6-8;1-8-3-4-10-6-9(2)12(13)7-11(10)5-8;1-9-3-5-12-8-10(2)4-6-11(12)7-9;1-5-3-7(9)6(2)8(10)4-5;1-6-3-4-7(2)8(9)5-6;2*1-7-3-5-8(2)6-4-7/h3*3-6H,1-2H3;3*3-7H,1-2H3;3-8H,1-2H3;3-4H,1-2H3;3-5H,1-2H3;7-8H,3-6H2,1-2H3;3-6H,1-2H3. The van der Waals surface area contributed by atoms with Crippen molar-refractivity contribution in [3.63, 3.8) is 0 Å². The zero-order valence-electron chi connectivity index (χ0n) is 77.8. The van der Waals surface area contributed by atoms with E-state index in [9.17, 15) is 52.7 Å². The summed E-state index contributed by atoms with van der Waals surface area (Å²) in [6.45, 7) is 41.6. The van der Waals surface area contributed by atoms with Crippen molar-refractivity contribution in [2.75, 3.05) is 0 Å². The Morgan fingerprint density at radius 1 is 0.164 bits per heavy atom. The quantitative estimate of drug-likeness (QED) is 0.133. The topological polar surface area (TPSA) is 0 Å². The average molecular weight is 1740 g/mol. The predicted molar refractivity (Wildman–Crippen MR) is 518 cm³/mol. The second kappa shape index (κ2) is 47.0. The Morgan fingerprint density at radius 2 is 0.438 bits per heavy atom. The molecule has 0 aromatic heterocycles. The smallest absolute Gasteiger partial charge is 0.136 e. The van der Waals surface area contributed by atoms with Gasteiger partial charge in [-0.1, -0.05) is 266 Å². The fourth-order valence-electron chi connectivity index (χ4n) is 14.4. The maximum atomic E-state index is 13.6. The molecule has 666 valence electrons. The first kappa shape index (κ1) is 101. The van der Waals surface area contributed by atoms with Gasteiger partial charge in [-0.05, 0) is 327 Å². The molecule has 0 bridgehead atoms. The van der Waals surface area contributed by atoms with Crippen LogP contribution in [0.15, 0.2) is 255 Å². The normalized spacial score (nSPS) is 12.3. The van der Waals surface area contributed by atoms with Gasteiger partial charge in [0.15, 0.2) is 0 Å². The van der Waals surface area contributed by atoms with Crippen LogP contribution in [0.25, 0.3) is 75.4 Å². The van der Waals surface area contributed by atoms with Crippen LogP contribution in [0.2, 0.25) is 0 Å². The van der Waals surface area contributed by atoms with E-state index in [1.54, 1.807) is 116 Å². The molecule has 1 aliphatic rings. The maximum Gasteiger partial charge on any atom is 0.136 e. The lowest BCUT2D eigenvalue weighted by Gasteiger charge is -2.22. The van der Waals surface area contributed by atoms with E-state index in [4.69, 9.17) is 0 Å². The van der Waals surface area contributed by atoms with Gasteiger partial charge in [0.1, 0.15) is 69.8 Å². The largest absolute Gasteiger partial charge is 0.207 e. The molecule has 0 radical (unpaired) electrons. The van der Waals surface area contributed by atoms with E-state index in [-0.39, 0.29) is 51.4 Å². The molecule has 0 saturated heterocycles. The van der Waals surface area contributed by atoms with Gasteiger partial charge >= 0.3 is 0 Å². The first-order chi connectivity index (χ1) is 60.4. The molecule has 0 atom stereocenters. The molecule has 17 aromatic carbocycles. The first-order valence-corrected chi connectivity index (χ1v) is 43.1. The molecule has 1 aliphatic carbocycles. The minimum absolute atomic E-state index is 0.0846. The van der Waals surface area contributed by atoms with Crippen molar-refractivity contribution in [2.45, 2.75) is 178 Å². The Labute approximate surface area is 749 Å². The van der Waals surface area contributed by atoms with Crippen LogP contribution in [-0.4, -0.2) is 0 Å². The summed E-state index contributed by atoms with van der Waals surface area (Å²) in [5, 5.41) is 11.0. The van der Waals surface area contributed by atoms with E-state index in [1.165, 1.54) is 115 Å². The molecule has 0 amide bonds. The van der Waals surface area contributed by atoms with Gasteiger partial charge in [0.05, 0.1) is 5.39 Å². The third-order valence-electron chi connectivity index (χ3n) is 22.3. The van der Waals surface area contributed by atoms with Crippen LogP contribution in [-0.2, 0) is 0 Å². The number of fused-ring (bicyclic) bond motifs is 7. The fraction of sp³-hybridized carbons (Fsp3) is 0.241. The zero-order chi connectivity index (χ0) is 94.2. The summed E-state index contributed by atoms with van der Waals surface area (Å²) in [6.07, 6.45) is 5.89. The third-order valence-corrected chi connectivity index (χ3v) is 22.3. The van der Waals surface area contributed by atoms with Crippen LogP contribution in [0.3, 0.4) is 0 Å². The molecule has 17 aromatic rings. The Balaban J connectivity index is 0.000000175. The molecule has 18 rings (SSSR count). The molecule has 0 spiro atoms. The van der Waals surface area contributed by atoms with Gasteiger partial charge in [-0.2, -0.15) is 0 Å². The van der Waals surface area contributed by atoms with Gasteiger partial charge in [0, 0.05) is 32.7 Å². The number of hydrogen-bond donors (Lipinski definition) is 0. The van der Waals surface area contributed by atoms with E-state index in [1.807, 2.05) is 133 Å². The van der Waals surface area contributed by atoms with Crippen LogP contribution in [0.1, 0.15) is 151 Å². The lowest BCUT2D eigenvalue weighted by Crippen LogP contribution is -2.08. The number of halogens is 12. The predicted octanol–water partition coefficient (Wildman–Crippen LogP) is 35.6. The van der Waals surface area contributed by atoms with E-state index in [0.29, 0.717) is 71.1 Å². The fourth-order valence-corrected chi connectivity index (χ4v) is 14.4. The monoisotopic (exact) mass is 1740 g/mol. The lowest BCUT2D eigenvalue weighted by molar-refractivity contribution is 0.308. The summed E-state index contributed by atoms with van der Waals surface area (Å²) in [6, 6.07) is 77.3.